The summed E-state index contributed by atoms with van der Waals surface area (Å²) in [6, 6.07) is 0. The van der Waals surface area contributed by atoms with Crippen molar-refractivity contribution in [3.05, 3.63) is 24.3 Å². The van der Waals surface area contributed by atoms with E-state index in [1.54, 1.807) is 0 Å². The zero-order chi connectivity index (χ0) is 48.6. The van der Waals surface area contributed by atoms with Crippen LogP contribution in [0.4, 0.5) is 0 Å². The standard InChI is InChI=1S/C61H114O6/c1-4-7-10-13-16-19-22-25-28-30-31-32-34-36-39-42-45-48-51-54-60(63)66-57-58(56-65-59(62)53-50-47-44-41-38-35-27-24-21-18-15-12-9-6-3)67-61(64)55-52-49-46-43-40-37-33-29-26-23-20-17-14-11-8-5-2/h20,23,29,33,58H,4-19,21-22,24-28,30-32,34-57H2,1-3H3/b23-20-,33-29-. The molecule has 6 heteroatoms. The van der Waals surface area contributed by atoms with E-state index in [0.29, 0.717) is 19.3 Å². The minimum atomic E-state index is -0.774. The number of rotatable bonds is 55. The van der Waals surface area contributed by atoms with Gasteiger partial charge in [0, 0.05) is 19.3 Å². The molecule has 0 aliphatic rings. The molecule has 0 aliphatic carbocycles. The zero-order valence-electron chi connectivity index (χ0n) is 45.2. The van der Waals surface area contributed by atoms with Gasteiger partial charge in [0.05, 0.1) is 0 Å². The molecule has 0 aliphatic heterocycles. The molecule has 0 bridgehead atoms. The van der Waals surface area contributed by atoms with Crippen LogP contribution in [0.3, 0.4) is 0 Å². The van der Waals surface area contributed by atoms with Crippen LogP contribution in [-0.2, 0) is 28.6 Å². The van der Waals surface area contributed by atoms with Gasteiger partial charge in [0.25, 0.3) is 0 Å². The van der Waals surface area contributed by atoms with Gasteiger partial charge in [0.15, 0.2) is 6.10 Å². The van der Waals surface area contributed by atoms with Gasteiger partial charge in [-0.3, -0.25) is 14.4 Å². The van der Waals surface area contributed by atoms with Crippen LogP contribution in [-0.4, -0.2) is 37.2 Å². The van der Waals surface area contributed by atoms with Gasteiger partial charge in [0.1, 0.15) is 13.2 Å². The maximum absolute atomic E-state index is 12.9. The van der Waals surface area contributed by atoms with Gasteiger partial charge in [0.2, 0.25) is 0 Å². The Morgan fingerprint density at radius 1 is 0.299 bits per heavy atom. The predicted molar refractivity (Wildman–Crippen MR) is 289 cm³/mol. The van der Waals surface area contributed by atoms with Gasteiger partial charge in [-0.25, -0.2) is 0 Å². The summed E-state index contributed by atoms with van der Waals surface area (Å²) in [4.78, 5) is 38.2. The van der Waals surface area contributed by atoms with E-state index in [4.69, 9.17) is 14.2 Å². The van der Waals surface area contributed by atoms with Crippen LogP contribution in [0.5, 0.6) is 0 Å². The van der Waals surface area contributed by atoms with Crippen molar-refractivity contribution in [3.8, 4) is 0 Å². The summed E-state index contributed by atoms with van der Waals surface area (Å²) in [6.45, 7) is 6.67. The quantitative estimate of drug-likeness (QED) is 0.0262. The van der Waals surface area contributed by atoms with Crippen molar-refractivity contribution in [2.75, 3.05) is 13.2 Å². The van der Waals surface area contributed by atoms with E-state index in [1.807, 2.05) is 0 Å². The van der Waals surface area contributed by atoms with E-state index in [2.05, 4.69) is 45.1 Å². The van der Waals surface area contributed by atoms with Crippen molar-refractivity contribution in [2.24, 2.45) is 0 Å². The van der Waals surface area contributed by atoms with E-state index in [9.17, 15) is 14.4 Å². The molecule has 0 N–H and O–H groups in total. The Morgan fingerprint density at radius 3 is 0.836 bits per heavy atom. The number of ether oxygens (including phenoxy) is 3. The highest BCUT2D eigenvalue weighted by Crippen LogP contribution is 2.17. The molecular formula is C61H114O6. The normalized spacial score (nSPS) is 12.1. The van der Waals surface area contributed by atoms with Crippen LogP contribution < -0.4 is 0 Å². The van der Waals surface area contributed by atoms with E-state index in [0.717, 1.165) is 77.0 Å². The molecule has 0 heterocycles. The number of carbonyl (C=O) groups excluding carboxylic acids is 3. The summed E-state index contributed by atoms with van der Waals surface area (Å²) in [5.74, 6) is -0.861. The summed E-state index contributed by atoms with van der Waals surface area (Å²) in [5, 5.41) is 0. The molecule has 0 rings (SSSR count). The van der Waals surface area contributed by atoms with Crippen molar-refractivity contribution in [1.29, 1.82) is 0 Å². The third-order valence-electron chi connectivity index (χ3n) is 13.5. The Hall–Kier alpha value is -2.11. The molecule has 394 valence electrons. The largest absolute Gasteiger partial charge is 0.462 e. The molecule has 67 heavy (non-hydrogen) atoms. The topological polar surface area (TPSA) is 78.9 Å². The van der Waals surface area contributed by atoms with Crippen molar-refractivity contribution >= 4 is 17.9 Å². The molecule has 6 nitrogen and oxygen atoms in total. The molecule has 0 aromatic carbocycles. The third kappa shape index (κ3) is 54.7. The fourth-order valence-electron chi connectivity index (χ4n) is 8.95. The molecule has 0 aromatic heterocycles. The molecule has 0 spiro atoms. The molecule has 0 aromatic rings. The number of hydrogen-bond donors (Lipinski definition) is 0. The molecule has 1 atom stereocenters. The molecule has 0 fully saturated rings. The van der Waals surface area contributed by atoms with Crippen LogP contribution in [0.25, 0.3) is 0 Å². The SMILES string of the molecule is CCCCCC/C=C\C/C=C\CCCCCCCC(=O)OC(COC(=O)CCCCCCCCCCCCCCCC)COC(=O)CCCCCCCCCCCCCCCCCCCCC. The fraction of sp³-hybridized carbons (Fsp3) is 0.885. The smallest absolute Gasteiger partial charge is 0.306 e. The molecule has 0 radical (unpaired) electrons. The maximum atomic E-state index is 12.9. The molecule has 0 saturated heterocycles. The Labute approximate surface area is 417 Å². The average molecular weight is 944 g/mol. The van der Waals surface area contributed by atoms with Crippen LogP contribution in [0.15, 0.2) is 24.3 Å². The first-order chi connectivity index (χ1) is 33.0. The van der Waals surface area contributed by atoms with Gasteiger partial charge in [-0.15, -0.1) is 0 Å². The summed E-state index contributed by atoms with van der Waals surface area (Å²) >= 11 is 0. The lowest BCUT2D eigenvalue weighted by Crippen LogP contribution is -2.30. The van der Waals surface area contributed by atoms with Crippen molar-refractivity contribution < 1.29 is 28.6 Å². The number of allylic oxidation sites excluding steroid dienone is 4. The van der Waals surface area contributed by atoms with Crippen LogP contribution in [0.1, 0.15) is 329 Å². The highest BCUT2D eigenvalue weighted by atomic mass is 16.6. The van der Waals surface area contributed by atoms with Gasteiger partial charge in [-0.1, -0.05) is 283 Å². The molecule has 0 saturated carbocycles. The first-order valence-corrected chi connectivity index (χ1v) is 29.8. The first kappa shape index (κ1) is 64.9. The fourth-order valence-corrected chi connectivity index (χ4v) is 8.95. The highest BCUT2D eigenvalue weighted by Gasteiger charge is 2.19. The number of esters is 3. The van der Waals surface area contributed by atoms with Crippen molar-refractivity contribution in [1.82, 2.24) is 0 Å². The Kier molecular flexibility index (Phi) is 54.7. The Balaban J connectivity index is 4.32. The molecule has 1 unspecified atom stereocenters. The zero-order valence-corrected chi connectivity index (χ0v) is 45.2. The lowest BCUT2D eigenvalue weighted by Gasteiger charge is -2.18. The van der Waals surface area contributed by atoms with Gasteiger partial charge >= 0.3 is 17.9 Å². The predicted octanol–water partition coefficient (Wildman–Crippen LogP) is 19.9. The first-order valence-electron chi connectivity index (χ1n) is 29.8. The monoisotopic (exact) mass is 943 g/mol. The van der Waals surface area contributed by atoms with Crippen LogP contribution >= 0.6 is 0 Å². The Bertz CT molecular complexity index is 1080. The summed E-state index contributed by atoms with van der Waals surface area (Å²) < 4.78 is 16.9. The second-order valence-corrected chi connectivity index (χ2v) is 20.3. The lowest BCUT2D eigenvalue weighted by atomic mass is 10.0. The van der Waals surface area contributed by atoms with Crippen molar-refractivity contribution in [2.45, 2.75) is 335 Å². The maximum Gasteiger partial charge on any atom is 0.306 e. The summed E-state index contributed by atoms with van der Waals surface area (Å²) in [6.07, 6.45) is 66.0. The van der Waals surface area contributed by atoms with E-state index < -0.39 is 6.10 Å². The summed E-state index contributed by atoms with van der Waals surface area (Å²) in [5.41, 5.74) is 0. The van der Waals surface area contributed by atoms with Gasteiger partial charge < -0.3 is 14.2 Å². The highest BCUT2D eigenvalue weighted by molar-refractivity contribution is 5.71. The second kappa shape index (κ2) is 56.5. The van der Waals surface area contributed by atoms with E-state index >= 15 is 0 Å². The lowest BCUT2D eigenvalue weighted by molar-refractivity contribution is -0.167. The Morgan fingerprint density at radius 2 is 0.537 bits per heavy atom. The average Bonchev–Trinajstić information content (AvgIpc) is 3.33. The number of unbranched alkanes of at least 4 members (excludes halogenated alkanes) is 40. The van der Waals surface area contributed by atoms with Gasteiger partial charge in [-0.2, -0.15) is 0 Å². The minimum Gasteiger partial charge on any atom is -0.462 e. The molecule has 0 amide bonds. The van der Waals surface area contributed by atoms with E-state index in [1.165, 1.54) is 212 Å². The van der Waals surface area contributed by atoms with Crippen molar-refractivity contribution in [3.63, 3.8) is 0 Å². The minimum absolute atomic E-state index is 0.0713. The third-order valence-corrected chi connectivity index (χ3v) is 13.5. The molecular weight excluding hydrogens is 829 g/mol. The van der Waals surface area contributed by atoms with E-state index in [-0.39, 0.29) is 31.1 Å². The van der Waals surface area contributed by atoms with Crippen LogP contribution in [0.2, 0.25) is 0 Å². The van der Waals surface area contributed by atoms with Gasteiger partial charge in [-0.05, 0) is 51.4 Å². The van der Waals surface area contributed by atoms with Crippen LogP contribution in [0, 0.1) is 0 Å². The summed E-state index contributed by atoms with van der Waals surface area (Å²) in [7, 11) is 0. The number of hydrogen-bond acceptors (Lipinski definition) is 6. The number of carbonyl (C=O) groups is 3. The second-order valence-electron chi connectivity index (χ2n) is 20.3.